The van der Waals surface area contributed by atoms with E-state index in [9.17, 15) is 4.79 Å². The minimum absolute atomic E-state index is 0.343. The first-order valence-electron chi connectivity index (χ1n) is 6.30. The number of halogens is 1. The van der Waals surface area contributed by atoms with E-state index in [1.165, 1.54) is 6.21 Å². The monoisotopic (exact) mass is 303 g/mol. The highest BCUT2D eigenvalue weighted by molar-refractivity contribution is 6.30. The van der Waals surface area contributed by atoms with Crippen molar-refractivity contribution in [2.45, 2.75) is 13.0 Å². The fourth-order valence-corrected chi connectivity index (χ4v) is 1.61. The number of rotatable bonds is 5. The van der Waals surface area contributed by atoms with Crippen LogP contribution in [-0.2, 0) is 4.79 Å². The van der Waals surface area contributed by atoms with Crippen LogP contribution >= 0.6 is 11.6 Å². The van der Waals surface area contributed by atoms with E-state index < -0.39 is 6.10 Å². The molecule has 1 atom stereocenters. The van der Waals surface area contributed by atoms with Crippen molar-refractivity contribution in [2.24, 2.45) is 5.10 Å². The lowest BCUT2D eigenvalue weighted by Gasteiger charge is -2.12. The molecule has 0 saturated carbocycles. The molecule has 0 aliphatic rings. The van der Waals surface area contributed by atoms with Gasteiger partial charge in [0, 0.05) is 23.0 Å². The van der Waals surface area contributed by atoms with Gasteiger partial charge in [0.25, 0.3) is 5.91 Å². The highest BCUT2D eigenvalue weighted by Crippen LogP contribution is 2.16. The van der Waals surface area contributed by atoms with Gasteiger partial charge in [-0.15, -0.1) is 0 Å². The number of carbonyl (C=O) groups excluding carboxylic acids is 1. The first kappa shape index (κ1) is 15.0. The second-order valence-corrected chi connectivity index (χ2v) is 4.67. The van der Waals surface area contributed by atoms with Crippen LogP contribution in [0.4, 0.5) is 0 Å². The van der Waals surface area contributed by atoms with Gasteiger partial charge in [0.15, 0.2) is 6.10 Å². The molecular weight excluding hydrogens is 290 g/mol. The van der Waals surface area contributed by atoms with Crippen LogP contribution in [-0.4, -0.2) is 23.2 Å². The highest BCUT2D eigenvalue weighted by atomic mass is 35.5. The molecule has 0 bridgehead atoms. The van der Waals surface area contributed by atoms with Gasteiger partial charge in [-0.3, -0.25) is 9.78 Å². The average molecular weight is 304 g/mol. The fraction of sp³-hybridized carbons (Fsp3) is 0.133. The first-order valence-corrected chi connectivity index (χ1v) is 6.68. The fourth-order valence-electron chi connectivity index (χ4n) is 1.48. The molecule has 0 saturated heterocycles. The van der Waals surface area contributed by atoms with E-state index in [0.717, 1.165) is 5.56 Å². The molecule has 0 aliphatic heterocycles. The number of amides is 1. The number of aromatic nitrogens is 1. The molecule has 21 heavy (non-hydrogen) atoms. The summed E-state index contributed by atoms with van der Waals surface area (Å²) in [7, 11) is 0. The summed E-state index contributed by atoms with van der Waals surface area (Å²) in [6, 6.07) is 10.4. The van der Waals surface area contributed by atoms with Gasteiger partial charge in [-0.05, 0) is 37.3 Å². The van der Waals surface area contributed by atoms with Crippen LogP contribution in [0.2, 0.25) is 5.02 Å². The van der Waals surface area contributed by atoms with E-state index in [2.05, 4.69) is 15.5 Å². The molecule has 1 amide bonds. The van der Waals surface area contributed by atoms with Gasteiger partial charge < -0.3 is 4.74 Å². The summed E-state index contributed by atoms with van der Waals surface area (Å²) in [5.41, 5.74) is 3.21. The quantitative estimate of drug-likeness (QED) is 0.682. The standard InChI is InChI=1S/C15H14ClN3O2/c1-11(21-14-6-4-13(16)5-7-14)15(20)19-18-10-12-3-2-8-17-9-12/h2-11H,1H3,(H,19,20)/b18-10+. The third kappa shape index (κ3) is 4.89. The number of pyridine rings is 1. The number of benzene rings is 1. The Morgan fingerprint density at radius 2 is 2.14 bits per heavy atom. The van der Waals surface area contributed by atoms with Crippen molar-refractivity contribution in [3.05, 3.63) is 59.4 Å². The van der Waals surface area contributed by atoms with Gasteiger partial charge in [-0.25, -0.2) is 5.43 Å². The van der Waals surface area contributed by atoms with Crippen molar-refractivity contribution in [3.63, 3.8) is 0 Å². The summed E-state index contributed by atoms with van der Waals surface area (Å²) >= 11 is 5.78. The summed E-state index contributed by atoms with van der Waals surface area (Å²) < 4.78 is 5.48. The van der Waals surface area contributed by atoms with E-state index >= 15 is 0 Å². The Morgan fingerprint density at radius 3 is 2.81 bits per heavy atom. The summed E-state index contributed by atoms with van der Waals surface area (Å²) in [4.78, 5) is 15.8. The van der Waals surface area contributed by atoms with Gasteiger partial charge >= 0.3 is 0 Å². The largest absolute Gasteiger partial charge is 0.481 e. The van der Waals surface area contributed by atoms with Crippen LogP contribution in [0.25, 0.3) is 0 Å². The van der Waals surface area contributed by atoms with Crippen molar-refractivity contribution < 1.29 is 9.53 Å². The molecular formula is C15H14ClN3O2. The normalized spacial score (nSPS) is 12.1. The SMILES string of the molecule is CC(Oc1ccc(Cl)cc1)C(=O)N/N=C/c1cccnc1. The van der Waals surface area contributed by atoms with Crippen LogP contribution in [0.1, 0.15) is 12.5 Å². The lowest BCUT2D eigenvalue weighted by Crippen LogP contribution is -2.33. The molecule has 1 aromatic heterocycles. The maximum Gasteiger partial charge on any atom is 0.280 e. The number of ether oxygens (including phenoxy) is 1. The molecule has 6 heteroatoms. The van der Waals surface area contributed by atoms with Gasteiger partial charge in [-0.1, -0.05) is 17.7 Å². The van der Waals surface area contributed by atoms with Gasteiger partial charge in [0.05, 0.1) is 6.21 Å². The molecule has 1 unspecified atom stereocenters. The summed E-state index contributed by atoms with van der Waals surface area (Å²) in [5, 5.41) is 4.46. The molecule has 1 aromatic carbocycles. The number of hydrazone groups is 1. The topological polar surface area (TPSA) is 63.6 Å². The molecule has 0 aliphatic carbocycles. The average Bonchev–Trinajstić information content (AvgIpc) is 2.50. The second-order valence-electron chi connectivity index (χ2n) is 4.23. The van der Waals surface area contributed by atoms with Crippen LogP contribution in [0, 0.1) is 0 Å². The zero-order valence-electron chi connectivity index (χ0n) is 11.4. The third-order valence-electron chi connectivity index (χ3n) is 2.57. The predicted molar refractivity (Wildman–Crippen MR) is 81.5 cm³/mol. The predicted octanol–water partition coefficient (Wildman–Crippen LogP) is 2.65. The molecule has 2 rings (SSSR count). The zero-order chi connectivity index (χ0) is 15.1. The minimum atomic E-state index is -0.669. The van der Waals surface area contributed by atoms with Gasteiger partial charge in [0.2, 0.25) is 0 Å². The van der Waals surface area contributed by atoms with Crippen molar-refractivity contribution in [3.8, 4) is 5.75 Å². The van der Waals surface area contributed by atoms with Crippen molar-refractivity contribution in [1.82, 2.24) is 10.4 Å². The number of hydrogen-bond donors (Lipinski definition) is 1. The van der Waals surface area contributed by atoms with Crippen molar-refractivity contribution in [2.75, 3.05) is 0 Å². The number of carbonyl (C=O) groups is 1. The first-order chi connectivity index (χ1) is 10.1. The van der Waals surface area contributed by atoms with E-state index in [1.807, 2.05) is 6.07 Å². The minimum Gasteiger partial charge on any atom is -0.481 e. The van der Waals surface area contributed by atoms with Crippen LogP contribution in [0.15, 0.2) is 53.9 Å². The number of hydrogen-bond acceptors (Lipinski definition) is 4. The maximum atomic E-state index is 11.8. The van der Waals surface area contributed by atoms with E-state index in [0.29, 0.717) is 10.8 Å². The molecule has 0 spiro atoms. The van der Waals surface area contributed by atoms with Crippen LogP contribution in [0.5, 0.6) is 5.75 Å². The van der Waals surface area contributed by atoms with E-state index in [-0.39, 0.29) is 5.91 Å². The summed E-state index contributed by atoms with van der Waals surface area (Å²) in [6.45, 7) is 1.64. The summed E-state index contributed by atoms with van der Waals surface area (Å²) in [5.74, 6) is 0.225. The smallest absolute Gasteiger partial charge is 0.280 e. The zero-order valence-corrected chi connectivity index (χ0v) is 12.1. The van der Waals surface area contributed by atoms with Crippen LogP contribution in [0.3, 0.4) is 0 Å². The van der Waals surface area contributed by atoms with Crippen LogP contribution < -0.4 is 10.2 Å². The Balaban J connectivity index is 1.85. The Morgan fingerprint density at radius 1 is 1.38 bits per heavy atom. The Labute approximate surface area is 127 Å². The lowest BCUT2D eigenvalue weighted by atomic mass is 10.3. The lowest BCUT2D eigenvalue weighted by molar-refractivity contribution is -0.127. The molecule has 108 valence electrons. The Kier molecular flexibility index (Phi) is 5.29. The van der Waals surface area contributed by atoms with Gasteiger partial charge in [-0.2, -0.15) is 5.10 Å². The molecule has 0 radical (unpaired) electrons. The Hall–Kier alpha value is -2.40. The van der Waals surface area contributed by atoms with E-state index in [1.54, 1.807) is 49.6 Å². The number of nitrogens with one attached hydrogen (secondary N) is 1. The highest BCUT2D eigenvalue weighted by Gasteiger charge is 2.13. The number of nitrogens with zero attached hydrogens (tertiary/aromatic N) is 2. The molecule has 2 aromatic rings. The summed E-state index contributed by atoms with van der Waals surface area (Å²) in [6.07, 6.45) is 4.15. The molecule has 5 nitrogen and oxygen atoms in total. The third-order valence-corrected chi connectivity index (χ3v) is 2.82. The molecule has 1 N–H and O–H groups in total. The van der Waals surface area contributed by atoms with Crippen molar-refractivity contribution in [1.29, 1.82) is 0 Å². The van der Waals surface area contributed by atoms with E-state index in [4.69, 9.17) is 16.3 Å². The Bertz CT molecular complexity index is 615. The van der Waals surface area contributed by atoms with Gasteiger partial charge in [0.1, 0.15) is 5.75 Å². The molecule has 1 heterocycles. The second kappa shape index (κ2) is 7.40. The maximum absolute atomic E-state index is 11.8. The van der Waals surface area contributed by atoms with Crippen molar-refractivity contribution >= 4 is 23.7 Å². The molecule has 0 fully saturated rings.